The first-order valence-electron chi connectivity index (χ1n) is 5.14. The Bertz CT molecular complexity index is 312. The van der Waals surface area contributed by atoms with Gasteiger partial charge in [-0.15, -0.1) is 0 Å². The summed E-state index contributed by atoms with van der Waals surface area (Å²) in [5, 5.41) is 13.0. The lowest BCUT2D eigenvalue weighted by atomic mass is 10.0. The minimum Gasteiger partial charge on any atom is -0.396 e. The zero-order valence-electron chi connectivity index (χ0n) is 9.26. The highest BCUT2D eigenvalue weighted by Gasteiger charge is 2.15. The molecule has 0 radical (unpaired) electrons. The summed E-state index contributed by atoms with van der Waals surface area (Å²) in [6, 6.07) is 7.79. The van der Waals surface area contributed by atoms with Gasteiger partial charge in [-0.25, -0.2) is 0 Å². The highest BCUT2D eigenvalue weighted by Crippen LogP contribution is 2.13. The maximum atomic E-state index is 8.88. The number of nitrogens with one attached hydrogen (secondary N) is 1. The minimum atomic E-state index is -0.0446. The first kappa shape index (κ1) is 12.5. The molecule has 0 aromatic heterocycles. The Kier molecular flexibility index (Phi) is 4.58. The van der Waals surface area contributed by atoms with Crippen LogP contribution in [0.4, 0.5) is 0 Å². The van der Waals surface area contributed by atoms with Crippen LogP contribution in [-0.2, 0) is 6.54 Å². The Balaban J connectivity index is 2.49. The molecule has 15 heavy (non-hydrogen) atoms. The molecule has 0 saturated carbocycles. The zero-order chi connectivity index (χ0) is 11.3. The van der Waals surface area contributed by atoms with Gasteiger partial charge in [-0.2, -0.15) is 0 Å². The van der Waals surface area contributed by atoms with Crippen molar-refractivity contribution in [2.75, 3.05) is 6.61 Å². The smallest absolute Gasteiger partial charge is 0.0448 e. The Labute approximate surface area is 96.3 Å². The molecule has 0 atom stereocenters. The molecule has 0 amide bonds. The van der Waals surface area contributed by atoms with Crippen molar-refractivity contribution in [1.29, 1.82) is 0 Å². The first-order valence-corrected chi connectivity index (χ1v) is 5.52. The maximum absolute atomic E-state index is 8.88. The van der Waals surface area contributed by atoms with Crippen molar-refractivity contribution in [3.63, 3.8) is 0 Å². The predicted octanol–water partition coefficient (Wildman–Crippen LogP) is 2.59. The van der Waals surface area contributed by atoms with Crippen molar-refractivity contribution in [3.05, 3.63) is 34.9 Å². The quantitative estimate of drug-likeness (QED) is 0.811. The lowest BCUT2D eigenvalue weighted by Gasteiger charge is -2.25. The summed E-state index contributed by atoms with van der Waals surface area (Å²) in [5.74, 6) is 0. The fourth-order valence-corrected chi connectivity index (χ4v) is 1.57. The van der Waals surface area contributed by atoms with E-state index in [-0.39, 0.29) is 12.1 Å². The number of aliphatic hydroxyl groups is 1. The van der Waals surface area contributed by atoms with Gasteiger partial charge in [0.15, 0.2) is 0 Å². The number of aliphatic hydroxyl groups excluding tert-OH is 1. The van der Waals surface area contributed by atoms with E-state index in [1.807, 2.05) is 24.3 Å². The molecule has 1 aromatic rings. The number of halogens is 1. The van der Waals surface area contributed by atoms with E-state index in [0.717, 1.165) is 23.6 Å². The van der Waals surface area contributed by atoms with Crippen molar-refractivity contribution >= 4 is 11.6 Å². The van der Waals surface area contributed by atoms with Crippen molar-refractivity contribution in [2.24, 2.45) is 0 Å². The van der Waals surface area contributed by atoms with Gasteiger partial charge in [-0.3, -0.25) is 0 Å². The average Bonchev–Trinajstić information content (AvgIpc) is 2.15. The van der Waals surface area contributed by atoms with Crippen molar-refractivity contribution < 1.29 is 5.11 Å². The molecule has 0 aliphatic carbocycles. The lowest BCUT2D eigenvalue weighted by molar-refractivity contribution is 0.230. The molecule has 2 N–H and O–H groups in total. The second kappa shape index (κ2) is 5.50. The normalized spacial score (nSPS) is 11.7. The summed E-state index contributed by atoms with van der Waals surface area (Å²) in [4.78, 5) is 0. The van der Waals surface area contributed by atoms with Gasteiger partial charge in [-0.05, 0) is 38.0 Å². The summed E-state index contributed by atoms with van der Waals surface area (Å²) < 4.78 is 0. The van der Waals surface area contributed by atoms with Gasteiger partial charge in [-0.1, -0.05) is 23.7 Å². The van der Waals surface area contributed by atoms with Gasteiger partial charge in [0, 0.05) is 23.7 Å². The Morgan fingerprint density at radius 1 is 1.40 bits per heavy atom. The third-order valence-corrected chi connectivity index (χ3v) is 2.63. The van der Waals surface area contributed by atoms with Crippen molar-refractivity contribution in [1.82, 2.24) is 5.32 Å². The second-order valence-corrected chi connectivity index (χ2v) is 4.78. The minimum absolute atomic E-state index is 0.0446. The van der Waals surface area contributed by atoms with Crippen LogP contribution in [0, 0.1) is 0 Å². The molecule has 0 unspecified atom stereocenters. The van der Waals surface area contributed by atoms with E-state index in [2.05, 4.69) is 19.2 Å². The van der Waals surface area contributed by atoms with Gasteiger partial charge in [0.05, 0.1) is 0 Å². The highest BCUT2D eigenvalue weighted by atomic mass is 35.5. The third kappa shape index (κ3) is 4.65. The molecular formula is C12H18ClNO. The van der Waals surface area contributed by atoms with Gasteiger partial charge in [0.2, 0.25) is 0 Å². The second-order valence-electron chi connectivity index (χ2n) is 4.34. The molecule has 3 heteroatoms. The molecule has 0 spiro atoms. The van der Waals surface area contributed by atoms with Crippen LogP contribution in [0.5, 0.6) is 0 Å². The van der Waals surface area contributed by atoms with Crippen molar-refractivity contribution in [2.45, 2.75) is 32.4 Å². The monoisotopic (exact) mass is 227 g/mol. The van der Waals surface area contributed by atoms with Gasteiger partial charge in [0.25, 0.3) is 0 Å². The summed E-state index contributed by atoms with van der Waals surface area (Å²) in [6.07, 6.45) is 0.744. The van der Waals surface area contributed by atoms with E-state index in [4.69, 9.17) is 16.7 Å². The van der Waals surface area contributed by atoms with E-state index >= 15 is 0 Å². The standard InChI is InChI=1S/C12H18ClNO/c1-12(2,6-7-15)14-9-10-4-3-5-11(13)8-10/h3-5,8,14-15H,6-7,9H2,1-2H3. The lowest BCUT2D eigenvalue weighted by Crippen LogP contribution is -2.39. The number of hydrogen-bond acceptors (Lipinski definition) is 2. The van der Waals surface area contributed by atoms with E-state index < -0.39 is 0 Å². The van der Waals surface area contributed by atoms with Crippen molar-refractivity contribution in [3.8, 4) is 0 Å². The van der Waals surface area contributed by atoms with E-state index in [0.29, 0.717) is 0 Å². The van der Waals surface area contributed by atoms with Crippen LogP contribution in [0.1, 0.15) is 25.8 Å². The first-order chi connectivity index (χ1) is 7.03. The van der Waals surface area contributed by atoms with Gasteiger partial charge < -0.3 is 10.4 Å². The average molecular weight is 228 g/mol. The summed E-state index contributed by atoms with van der Waals surface area (Å²) >= 11 is 5.89. The Hall–Kier alpha value is -0.570. The highest BCUT2D eigenvalue weighted by molar-refractivity contribution is 6.30. The number of benzene rings is 1. The molecule has 84 valence electrons. The van der Waals surface area contributed by atoms with Crippen LogP contribution < -0.4 is 5.32 Å². The topological polar surface area (TPSA) is 32.3 Å². The van der Waals surface area contributed by atoms with Crippen LogP contribution in [0.2, 0.25) is 5.02 Å². The zero-order valence-corrected chi connectivity index (χ0v) is 10.0. The van der Waals surface area contributed by atoms with Crippen LogP contribution >= 0.6 is 11.6 Å². The summed E-state index contributed by atoms with van der Waals surface area (Å²) in [5.41, 5.74) is 1.12. The fraction of sp³-hybridized carbons (Fsp3) is 0.500. The molecule has 0 bridgehead atoms. The molecule has 0 heterocycles. The van der Waals surface area contributed by atoms with E-state index in [1.165, 1.54) is 0 Å². The van der Waals surface area contributed by atoms with E-state index in [1.54, 1.807) is 0 Å². The number of rotatable bonds is 5. The molecule has 0 fully saturated rings. The molecule has 0 aliphatic rings. The van der Waals surface area contributed by atoms with Crippen LogP contribution in [0.3, 0.4) is 0 Å². The van der Waals surface area contributed by atoms with E-state index in [9.17, 15) is 0 Å². The maximum Gasteiger partial charge on any atom is 0.0448 e. The SMILES string of the molecule is CC(C)(CCO)NCc1cccc(Cl)c1. The number of hydrogen-bond donors (Lipinski definition) is 2. The molecule has 0 saturated heterocycles. The van der Waals surface area contributed by atoms with Crippen LogP contribution in [0.15, 0.2) is 24.3 Å². The molecule has 0 aliphatic heterocycles. The molecular weight excluding hydrogens is 210 g/mol. The largest absolute Gasteiger partial charge is 0.396 e. The summed E-state index contributed by atoms with van der Waals surface area (Å²) in [7, 11) is 0. The Morgan fingerprint density at radius 3 is 2.73 bits per heavy atom. The third-order valence-electron chi connectivity index (χ3n) is 2.40. The van der Waals surface area contributed by atoms with Gasteiger partial charge >= 0.3 is 0 Å². The van der Waals surface area contributed by atoms with Crippen LogP contribution in [-0.4, -0.2) is 17.3 Å². The fourth-order valence-electron chi connectivity index (χ4n) is 1.36. The molecule has 1 rings (SSSR count). The molecule has 1 aromatic carbocycles. The predicted molar refractivity (Wildman–Crippen MR) is 64.1 cm³/mol. The Morgan fingerprint density at radius 2 is 2.13 bits per heavy atom. The summed E-state index contributed by atoms with van der Waals surface area (Å²) in [6.45, 7) is 5.13. The van der Waals surface area contributed by atoms with Crippen LogP contribution in [0.25, 0.3) is 0 Å². The molecule has 2 nitrogen and oxygen atoms in total. The van der Waals surface area contributed by atoms with Gasteiger partial charge in [0.1, 0.15) is 0 Å².